The van der Waals surface area contributed by atoms with Crippen LogP contribution >= 0.6 is 23.8 Å². The van der Waals surface area contributed by atoms with Crippen LogP contribution in [0.15, 0.2) is 48.5 Å². The molecule has 0 saturated heterocycles. The van der Waals surface area contributed by atoms with Crippen molar-refractivity contribution in [1.82, 2.24) is 19.7 Å². The second kappa shape index (κ2) is 7.85. The Balaban J connectivity index is 1.79. The monoisotopic (exact) mass is 386 g/mol. The van der Waals surface area contributed by atoms with Gasteiger partial charge in [-0.25, -0.2) is 0 Å². The smallest absolute Gasteiger partial charge is 0.242 e. The molecule has 0 aliphatic rings. The molecule has 5 nitrogen and oxygen atoms in total. The summed E-state index contributed by atoms with van der Waals surface area (Å²) in [6.07, 6.45) is 0. The van der Waals surface area contributed by atoms with E-state index in [-0.39, 0.29) is 12.5 Å². The predicted octanol–water partition coefficient (Wildman–Crippen LogP) is 4.23. The van der Waals surface area contributed by atoms with Gasteiger partial charge in [0.2, 0.25) is 5.91 Å². The summed E-state index contributed by atoms with van der Waals surface area (Å²) in [5, 5.41) is 7.67. The first-order valence-electron chi connectivity index (χ1n) is 8.15. The number of nitrogens with one attached hydrogen (secondary N) is 1. The summed E-state index contributed by atoms with van der Waals surface area (Å²) < 4.78 is 2.11. The van der Waals surface area contributed by atoms with Crippen molar-refractivity contribution in [3.05, 3.63) is 69.5 Å². The van der Waals surface area contributed by atoms with E-state index in [2.05, 4.69) is 10.2 Å². The molecule has 1 N–H and O–H groups in total. The van der Waals surface area contributed by atoms with Gasteiger partial charge >= 0.3 is 0 Å². The molecule has 0 aliphatic carbocycles. The van der Waals surface area contributed by atoms with Gasteiger partial charge in [-0.3, -0.25) is 14.5 Å². The van der Waals surface area contributed by atoms with Gasteiger partial charge in [0.1, 0.15) is 6.54 Å². The summed E-state index contributed by atoms with van der Waals surface area (Å²) in [5.74, 6) is 0.574. The number of hydrogen-bond acceptors (Lipinski definition) is 3. The van der Waals surface area contributed by atoms with Gasteiger partial charge in [-0.15, -0.1) is 0 Å². The van der Waals surface area contributed by atoms with Crippen LogP contribution in [0, 0.1) is 11.7 Å². The number of carbonyl (C=O) groups excluding carboxylic acids is 1. The van der Waals surface area contributed by atoms with Crippen LogP contribution in [0.2, 0.25) is 5.02 Å². The maximum Gasteiger partial charge on any atom is 0.242 e. The number of carbonyl (C=O) groups is 1. The Labute approximate surface area is 162 Å². The van der Waals surface area contributed by atoms with Crippen LogP contribution in [0.3, 0.4) is 0 Å². The molecule has 1 amide bonds. The molecule has 0 fully saturated rings. The molecule has 0 atom stereocenters. The van der Waals surface area contributed by atoms with Crippen molar-refractivity contribution < 1.29 is 4.79 Å². The Morgan fingerprint density at radius 2 is 1.92 bits per heavy atom. The lowest BCUT2D eigenvalue weighted by Gasteiger charge is -2.19. The first-order chi connectivity index (χ1) is 12.5. The van der Waals surface area contributed by atoms with Gasteiger partial charge in [0.15, 0.2) is 10.6 Å². The summed E-state index contributed by atoms with van der Waals surface area (Å²) in [6, 6.07) is 15.3. The highest BCUT2D eigenvalue weighted by molar-refractivity contribution is 7.71. The van der Waals surface area contributed by atoms with Crippen molar-refractivity contribution in [1.29, 1.82) is 0 Å². The number of H-pyrrole nitrogens is 1. The maximum atomic E-state index is 12.7. The zero-order chi connectivity index (χ0) is 18.7. The first-order valence-corrected chi connectivity index (χ1v) is 8.94. The minimum absolute atomic E-state index is 0.0408. The summed E-state index contributed by atoms with van der Waals surface area (Å²) >= 11 is 11.2. The van der Waals surface area contributed by atoms with E-state index in [9.17, 15) is 4.79 Å². The molecule has 26 heavy (non-hydrogen) atoms. The van der Waals surface area contributed by atoms with E-state index in [0.717, 1.165) is 16.7 Å². The van der Waals surface area contributed by atoms with Crippen LogP contribution < -0.4 is 0 Å². The lowest BCUT2D eigenvalue weighted by Crippen LogP contribution is -2.30. The van der Waals surface area contributed by atoms with Crippen molar-refractivity contribution in [3.8, 4) is 11.4 Å². The average molecular weight is 387 g/mol. The number of hydrogen-bond donors (Lipinski definition) is 1. The van der Waals surface area contributed by atoms with E-state index < -0.39 is 0 Å². The molecule has 0 spiro atoms. The number of amides is 1. The standard InChI is InChI=1S/C19H19ClN4OS/c1-13-5-3-4-6-15(13)11-23(2)17(25)12-24-18(21-22-19(24)26)14-7-9-16(20)10-8-14/h3-10H,11-12H2,1-2H3,(H,22,26). The average Bonchev–Trinajstić information content (AvgIpc) is 2.98. The fourth-order valence-corrected chi connectivity index (χ4v) is 2.99. The zero-order valence-corrected chi connectivity index (χ0v) is 16.1. The van der Waals surface area contributed by atoms with Crippen molar-refractivity contribution in [3.63, 3.8) is 0 Å². The molecule has 7 heteroatoms. The minimum Gasteiger partial charge on any atom is -0.340 e. The quantitative estimate of drug-likeness (QED) is 0.667. The number of aromatic amines is 1. The number of likely N-dealkylation sites (N-methyl/N-ethyl adjacent to an activating group) is 1. The minimum atomic E-state index is -0.0408. The van der Waals surface area contributed by atoms with Crippen LogP contribution in [-0.4, -0.2) is 32.6 Å². The van der Waals surface area contributed by atoms with Gasteiger partial charge in [0, 0.05) is 24.2 Å². The molecule has 3 aromatic rings. The number of aromatic nitrogens is 3. The maximum absolute atomic E-state index is 12.7. The molecule has 0 unspecified atom stereocenters. The van der Waals surface area contributed by atoms with E-state index >= 15 is 0 Å². The van der Waals surface area contributed by atoms with Crippen LogP contribution in [0.25, 0.3) is 11.4 Å². The number of rotatable bonds is 5. The highest BCUT2D eigenvalue weighted by Crippen LogP contribution is 2.20. The Bertz CT molecular complexity index is 978. The molecule has 2 aromatic carbocycles. The highest BCUT2D eigenvalue weighted by Gasteiger charge is 2.16. The molecular formula is C19H19ClN4OS. The van der Waals surface area contributed by atoms with Crippen LogP contribution in [-0.2, 0) is 17.9 Å². The Morgan fingerprint density at radius 1 is 1.23 bits per heavy atom. The van der Waals surface area contributed by atoms with E-state index in [4.69, 9.17) is 23.8 Å². The van der Waals surface area contributed by atoms with Crippen LogP contribution in [0.1, 0.15) is 11.1 Å². The van der Waals surface area contributed by atoms with E-state index in [0.29, 0.717) is 22.2 Å². The van der Waals surface area contributed by atoms with Gasteiger partial charge in [-0.2, -0.15) is 5.10 Å². The Kier molecular flexibility index (Phi) is 5.54. The van der Waals surface area contributed by atoms with E-state index in [1.54, 1.807) is 28.6 Å². The Morgan fingerprint density at radius 3 is 2.62 bits per heavy atom. The topological polar surface area (TPSA) is 53.9 Å². The molecule has 134 valence electrons. The number of halogens is 1. The lowest BCUT2D eigenvalue weighted by molar-refractivity contribution is -0.131. The molecule has 3 rings (SSSR count). The van der Waals surface area contributed by atoms with Crippen molar-refractivity contribution >= 4 is 29.7 Å². The number of benzene rings is 2. The molecule has 0 aliphatic heterocycles. The lowest BCUT2D eigenvalue weighted by atomic mass is 10.1. The van der Waals surface area contributed by atoms with Crippen molar-refractivity contribution in [2.75, 3.05) is 7.05 Å². The SMILES string of the molecule is Cc1ccccc1CN(C)C(=O)Cn1c(-c2ccc(Cl)cc2)n[nH]c1=S. The molecule has 0 radical (unpaired) electrons. The molecular weight excluding hydrogens is 368 g/mol. The van der Waals surface area contributed by atoms with Crippen molar-refractivity contribution in [2.45, 2.75) is 20.0 Å². The largest absolute Gasteiger partial charge is 0.340 e. The van der Waals surface area contributed by atoms with Gasteiger partial charge in [-0.1, -0.05) is 35.9 Å². The zero-order valence-electron chi connectivity index (χ0n) is 14.6. The highest BCUT2D eigenvalue weighted by atomic mass is 35.5. The second-order valence-corrected chi connectivity index (χ2v) is 6.94. The normalized spacial score (nSPS) is 10.7. The third-order valence-electron chi connectivity index (χ3n) is 4.25. The predicted molar refractivity (Wildman–Crippen MR) is 106 cm³/mol. The first kappa shape index (κ1) is 18.4. The van der Waals surface area contributed by atoms with Crippen molar-refractivity contribution in [2.24, 2.45) is 0 Å². The third kappa shape index (κ3) is 4.03. The van der Waals surface area contributed by atoms with Gasteiger partial charge in [0.05, 0.1) is 0 Å². The van der Waals surface area contributed by atoms with E-state index in [1.165, 1.54) is 0 Å². The summed E-state index contributed by atoms with van der Waals surface area (Å²) in [7, 11) is 1.79. The summed E-state index contributed by atoms with van der Waals surface area (Å²) in [5.41, 5.74) is 3.13. The van der Waals surface area contributed by atoms with Gasteiger partial charge in [0.25, 0.3) is 0 Å². The summed E-state index contributed by atoms with van der Waals surface area (Å²) in [4.78, 5) is 14.4. The second-order valence-electron chi connectivity index (χ2n) is 6.12. The summed E-state index contributed by atoms with van der Waals surface area (Å²) in [6.45, 7) is 2.71. The van der Waals surface area contributed by atoms with Gasteiger partial charge < -0.3 is 4.90 Å². The molecule has 0 bridgehead atoms. The fraction of sp³-hybridized carbons (Fsp3) is 0.211. The van der Waals surface area contributed by atoms with Crippen LogP contribution in [0.4, 0.5) is 0 Å². The third-order valence-corrected chi connectivity index (χ3v) is 4.81. The molecule has 1 aromatic heterocycles. The number of nitrogens with zero attached hydrogens (tertiary/aromatic N) is 3. The molecule has 1 heterocycles. The van der Waals surface area contributed by atoms with Gasteiger partial charge in [-0.05, 0) is 54.5 Å². The van der Waals surface area contributed by atoms with Crippen LogP contribution in [0.5, 0.6) is 0 Å². The Hall–Kier alpha value is -2.44. The molecule has 0 saturated carbocycles. The number of aryl methyl sites for hydroxylation is 1. The van der Waals surface area contributed by atoms with E-state index in [1.807, 2.05) is 43.3 Å². The fourth-order valence-electron chi connectivity index (χ4n) is 2.67.